The van der Waals surface area contributed by atoms with E-state index in [0.29, 0.717) is 25.2 Å². The third kappa shape index (κ3) is 5.27. The van der Waals surface area contributed by atoms with Gasteiger partial charge in [0, 0.05) is 44.8 Å². The predicted molar refractivity (Wildman–Crippen MR) is 99.2 cm³/mol. The molecule has 1 aromatic rings. The van der Waals surface area contributed by atoms with E-state index in [9.17, 15) is 9.90 Å². The van der Waals surface area contributed by atoms with Crippen molar-refractivity contribution in [2.45, 2.75) is 51.4 Å². The van der Waals surface area contributed by atoms with Crippen LogP contribution in [0.4, 0.5) is 0 Å². The molecule has 1 saturated heterocycles. The monoisotopic (exact) mass is 345 g/mol. The van der Waals surface area contributed by atoms with E-state index in [-0.39, 0.29) is 12.0 Å². The summed E-state index contributed by atoms with van der Waals surface area (Å²) in [6.45, 7) is 8.67. The van der Waals surface area contributed by atoms with E-state index >= 15 is 0 Å². The van der Waals surface area contributed by atoms with Gasteiger partial charge in [-0.05, 0) is 32.3 Å². The normalized spacial score (nSPS) is 23.4. The molecule has 2 fully saturated rings. The smallest absolute Gasteiger partial charge is 0.237 e. The molecule has 1 amide bonds. The van der Waals surface area contributed by atoms with E-state index in [1.165, 1.54) is 5.56 Å². The van der Waals surface area contributed by atoms with Gasteiger partial charge in [-0.1, -0.05) is 30.3 Å². The second-order valence-electron chi connectivity index (χ2n) is 7.67. The minimum atomic E-state index is -0.299. The maximum atomic E-state index is 12.9. The Morgan fingerprint density at radius 3 is 2.60 bits per heavy atom. The van der Waals surface area contributed by atoms with Crippen molar-refractivity contribution in [3.63, 3.8) is 0 Å². The van der Waals surface area contributed by atoms with Crippen molar-refractivity contribution < 1.29 is 9.90 Å². The fraction of sp³-hybridized carbons (Fsp3) is 0.650. The van der Waals surface area contributed by atoms with Crippen molar-refractivity contribution in [2.24, 2.45) is 0 Å². The Morgan fingerprint density at radius 2 is 2.00 bits per heavy atom. The predicted octanol–water partition coefficient (Wildman–Crippen LogP) is 1.56. The number of amides is 1. The fourth-order valence-corrected chi connectivity index (χ4v) is 3.69. The van der Waals surface area contributed by atoms with Gasteiger partial charge in [-0.15, -0.1) is 0 Å². The van der Waals surface area contributed by atoms with Crippen LogP contribution in [0.1, 0.15) is 32.3 Å². The molecule has 2 atom stereocenters. The van der Waals surface area contributed by atoms with Gasteiger partial charge in [-0.2, -0.15) is 0 Å². The number of rotatable bonds is 7. The summed E-state index contributed by atoms with van der Waals surface area (Å²) in [5, 5.41) is 9.60. The molecule has 0 unspecified atom stereocenters. The topological polar surface area (TPSA) is 47.0 Å². The Hall–Kier alpha value is -1.43. The molecule has 1 aliphatic carbocycles. The number of aliphatic hydroxyl groups is 1. The van der Waals surface area contributed by atoms with Gasteiger partial charge >= 0.3 is 0 Å². The van der Waals surface area contributed by atoms with E-state index in [1.807, 2.05) is 25.1 Å². The van der Waals surface area contributed by atoms with Crippen LogP contribution in [0.2, 0.25) is 0 Å². The van der Waals surface area contributed by atoms with Crippen LogP contribution in [0.25, 0.3) is 0 Å². The van der Waals surface area contributed by atoms with E-state index < -0.39 is 0 Å². The number of β-amino-alcohol motifs (C(OH)–C–C–N with tert-alkyl or cyclic N) is 1. The first-order valence-electron chi connectivity index (χ1n) is 9.51. The number of aliphatic hydroxyl groups excluding tert-OH is 1. The molecular weight excluding hydrogens is 314 g/mol. The first kappa shape index (κ1) is 18.4. The quantitative estimate of drug-likeness (QED) is 0.815. The van der Waals surface area contributed by atoms with Gasteiger partial charge in [0.05, 0.1) is 12.6 Å². The highest BCUT2D eigenvalue weighted by Gasteiger charge is 2.34. The molecule has 138 valence electrons. The van der Waals surface area contributed by atoms with Crippen LogP contribution in [-0.2, 0) is 11.3 Å². The summed E-state index contributed by atoms with van der Waals surface area (Å²) in [6.07, 6.45) is 1.97. The van der Waals surface area contributed by atoms with Gasteiger partial charge in [0.15, 0.2) is 0 Å². The molecule has 2 aliphatic rings. The Morgan fingerprint density at radius 1 is 1.28 bits per heavy atom. The molecule has 1 aromatic carbocycles. The van der Waals surface area contributed by atoms with Crippen LogP contribution in [0, 0.1) is 0 Å². The third-order valence-corrected chi connectivity index (χ3v) is 5.21. The second-order valence-corrected chi connectivity index (χ2v) is 7.67. The molecule has 1 aliphatic heterocycles. The summed E-state index contributed by atoms with van der Waals surface area (Å²) in [5.74, 6) is 0.252. The lowest BCUT2D eigenvalue weighted by molar-refractivity contribution is -0.134. The molecule has 0 bridgehead atoms. The van der Waals surface area contributed by atoms with Crippen LogP contribution in [0.15, 0.2) is 30.3 Å². The summed E-state index contributed by atoms with van der Waals surface area (Å²) in [6, 6.07) is 11.1. The number of carbonyl (C=O) groups excluding carboxylic acids is 1. The maximum absolute atomic E-state index is 12.9. The first-order chi connectivity index (χ1) is 12.0. The molecule has 5 heteroatoms. The minimum absolute atomic E-state index is 0.252. The second kappa shape index (κ2) is 8.30. The summed E-state index contributed by atoms with van der Waals surface area (Å²) < 4.78 is 0. The highest BCUT2D eigenvalue weighted by molar-refractivity contribution is 5.79. The lowest BCUT2D eigenvalue weighted by Crippen LogP contribution is -2.55. The lowest BCUT2D eigenvalue weighted by atomic mass is 10.1. The molecular formula is C20H31N3O2. The van der Waals surface area contributed by atoms with Gasteiger partial charge in [0.25, 0.3) is 0 Å². The zero-order valence-electron chi connectivity index (χ0n) is 15.5. The van der Waals surface area contributed by atoms with Gasteiger partial charge in [-0.3, -0.25) is 14.6 Å². The molecule has 0 aromatic heterocycles. The van der Waals surface area contributed by atoms with Gasteiger partial charge in [-0.25, -0.2) is 0 Å². The number of hydrogen-bond donors (Lipinski definition) is 1. The van der Waals surface area contributed by atoms with Crippen LogP contribution in [-0.4, -0.2) is 76.6 Å². The number of hydrogen-bond acceptors (Lipinski definition) is 4. The Kier molecular flexibility index (Phi) is 6.10. The molecule has 0 radical (unpaired) electrons. The fourth-order valence-electron chi connectivity index (χ4n) is 3.69. The Bertz CT molecular complexity index is 559. The molecule has 5 nitrogen and oxygen atoms in total. The van der Waals surface area contributed by atoms with Gasteiger partial charge in [0.2, 0.25) is 5.91 Å². The zero-order chi connectivity index (χ0) is 17.8. The molecule has 0 spiro atoms. The van der Waals surface area contributed by atoms with Crippen molar-refractivity contribution in [1.82, 2.24) is 14.7 Å². The standard InChI is InChI=1S/C20H31N3O2/c1-16-12-21(10-11-22(16)13-17(2)24)15-20(25)23(19-8-9-19)14-18-6-4-3-5-7-18/h3-7,16-17,19,24H,8-15H2,1-2H3/t16-,17+/m1/s1. The van der Waals surface area contributed by atoms with Crippen molar-refractivity contribution >= 4 is 5.91 Å². The Labute approximate surface area is 151 Å². The Balaban J connectivity index is 1.53. The molecule has 25 heavy (non-hydrogen) atoms. The minimum Gasteiger partial charge on any atom is -0.392 e. The summed E-state index contributed by atoms with van der Waals surface area (Å²) in [5.41, 5.74) is 1.21. The average Bonchev–Trinajstić information content (AvgIpc) is 3.40. The molecule has 1 heterocycles. The van der Waals surface area contributed by atoms with Crippen LogP contribution >= 0.6 is 0 Å². The highest BCUT2D eigenvalue weighted by atomic mass is 16.3. The van der Waals surface area contributed by atoms with E-state index in [0.717, 1.165) is 39.0 Å². The number of piperazine rings is 1. The third-order valence-electron chi connectivity index (χ3n) is 5.21. The number of nitrogens with zero attached hydrogens (tertiary/aromatic N) is 3. The summed E-state index contributed by atoms with van der Waals surface area (Å²) in [7, 11) is 0. The lowest BCUT2D eigenvalue weighted by Gasteiger charge is -2.40. The van der Waals surface area contributed by atoms with E-state index in [1.54, 1.807) is 0 Å². The number of carbonyl (C=O) groups is 1. The van der Waals surface area contributed by atoms with Crippen LogP contribution in [0.3, 0.4) is 0 Å². The molecule has 1 saturated carbocycles. The van der Waals surface area contributed by atoms with Crippen molar-refractivity contribution in [1.29, 1.82) is 0 Å². The zero-order valence-corrected chi connectivity index (χ0v) is 15.5. The van der Waals surface area contributed by atoms with E-state index in [4.69, 9.17) is 0 Å². The maximum Gasteiger partial charge on any atom is 0.237 e. The van der Waals surface area contributed by atoms with Crippen molar-refractivity contribution in [2.75, 3.05) is 32.7 Å². The summed E-state index contributed by atoms with van der Waals surface area (Å²) >= 11 is 0. The SMILES string of the molecule is C[C@H](O)CN1CCN(CC(=O)N(Cc2ccccc2)C2CC2)C[C@H]1C. The average molecular weight is 345 g/mol. The van der Waals surface area contributed by atoms with Crippen LogP contribution in [0.5, 0.6) is 0 Å². The van der Waals surface area contributed by atoms with Gasteiger partial charge in [0.1, 0.15) is 0 Å². The van der Waals surface area contributed by atoms with Crippen molar-refractivity contribution in [3.05, 3.63) is 35.9 Å². The van der Waals surface area contributed by atoms with Gasteiger partial charge < -0.3 is 10.0 Å². The first-order valence-corrected chi connectivity index (χ1v) is 9.51. The highest BCUT2D eigenvalue weighted by Crippen LogP contribution is 2.28. The largest absolute Gasteiger partial charge is 0.392 e. The number of benzene rings is 1. The van der Waals surface area contributed by atoms with Crippen LogP contribution < -0.4 is 0 Å². The van der Waals surface area contributed by atoms with Crippen molar-refractivity contribution in [3.8, 4) is 0 Å². The van der Waals surface area contributed by atoms with E-state index in [2.05, 4.69) is 33.8 Å². The molecule has 3 rings (SSSR count). The summed E-state index contributed by atoms with van der Waals surface area (Å²) in [4.78, 5) is 19.5. The molecule has 1 N–H and O–H groups in total.